The Balaban J connectivity index is 2.05. The molecule has 3 nitrogen and oxygen atoms in total. The fourth-order valence-corrected chi connectivity index (χ4v) is 2.32. The van der Waals surface area contributed by atoms with Crippen molar-refractivity contribution >= 4 is 5.91 Å². The van der Waals surface area contributed by atoms with Crippen LogP contribution in [0.1, 0.15) is 32.6 Å². The Kier molecular flexibility index (Phi) is 2.83. The van der Waals surface area contributed by atoms with E-state index < -0.39 is 0 Å². The Hall–Kier alpha value is -0.830. The molecule has 1 saturated heterocycles. The summed E-state index contributed by atoms with van der Waals surface area (Å²) in [7, 11) is 0. The highest BCUT2D eigenvalue weighted by molar-refractivity contribution is 5.87. The van der Waals surface area contributed by atoms with Crippen LogP contribution in [0, 0.1) is 0 Å². The number of nitrogens with one attached hydrogen (secondary N) is 1. The maximum Gasteiger partial charge on any atom is 0.243 e. The number of carbonyl (C=O) groups excluding carboxylic acids is 1. The van der Waals surface area contributed by atoms with Crippen molar-refractivity contribution in [1.29, 1.82) is 0 Å². The van der Waals surface area contributed by atoms with Crippen molar-refractivity contribution < 1.29 is 4.79 Å². The second-order valence-corrected chi connectivity index (χ2v) is 4.84. The first-order valence-corrected chi connectivity index (χ1v) is 5.84. The van der Waals surface area contributed by atoms with E-state index in [4.69, 9.17) is 0 Å². The first-order valence-electron chi connectivity index (χ1n) is 5.84. The van der Waals surface area contributed by atoms with E-state index in [-0.39, 0.29) is 11.4 Å². The molecule has 2 rings (SSSR count). The highest BCUT2D eigenvalue weighted by atomic mass is 16.2. The summed E-state index contributed by atoms with van der Waals surface area (Å²) < 4.78 is 0. The van der Waals surface area contributed by atoms with Crippen LogP contribution >= 0.6 is 0 Å². The number of carbonyl (C=O) groups is 1. The molecule has 0 aromatic rings. The highest BCUT2D eigenvalue weighted by Crippen LogP contribution is 2.31. The first kappa shape index (κ1) is 10.7. The molecule has 1 heterocycles. The lowest BCUT2D eigenvalue weighted by molar-refractivity contribution is -0.137. The summed E-state index contributed by atoms with van der Waals surface area (Å²) in [6.07, 6.45) is 6.22. The zero-order valence-corrected chi connectivity index (χ0v) is 9.46. The molecule has 1 unspecified atom stereocenters. The molecule has 2 fully saturated rings. The van der Waals surface area contributed by atoms with Crippen molar-refractivity contribution in [2.24, 2.45) is 0 Å². The minimum Gasteiger partial charge on any atom is -0.334 e. The maximum atomic E-state index is 12.4. The summed E-state index contributed by atoms with van der Waals surface area (Å²) in [6.45, 7) is 7.42. The second-order valence-electron chi connectivity index (χ2n) is 4.84. The summed E-state index contributed by atoms with van der Waals surface area (Å²) in [5.41, 5.74) is -0.314. The predicted molar refractivity (Wildman–Crippen MR) is 60.6 cm³/mol. The lowest BCUT2D eigenvalue weighted by Crippen LogP contribution is -2.53. The van der Waals surface area contributed by atoms with Crippen LogP contribution in [0.4, 0.5) is 0 Å². The van der Waals surface area contributed by atoms with E-state index in [2.05, 4.69) is 11.9 Å². The van der Waals surface area contributed by atoms with Crippen LogP contribution in [0.3, 0.4) is 0 Å². The van der Waals surface area contributed by atoms with Crippen LogP contribution in [0.25, 0.3) is 0 Å². The molecule has 0 aromatic heterocycles. The van der Waals surface area contributed by atoms with Gasteiger partial charge in [-0.05, 0) is 39.2 Å². The first-order chi connectivity index (χ1) is 7.17. The lowest BCUT2D eigenvalue weighted by atomic mass is 9.98. The summed E-state index contributed by atoms with van der Waals surface area (Å²) in [4.78, 5) is 14.3. The molecule has 1 aliphatic heterocycles. The van der Waals surface area contributed by atoms with Crippen LogP contribution in [0.5, 0.6) is 0 Å². The fraction of sp³-hybridized carbons (Fsp3) is 0.750. The number of rotatable bonds is 4. The Morgan fingerprint density at radius 3 is 2.87 bits per heavy atom. The Bertz CT molecular complexity index is 265. The van der Waals surface area contributed by atoms with Gasteiger partial charge < -0.3 is 10.2 Å². The molecule has 1 aliphatic carbocycles. The van der Waals surface area contributed by atoms with E-state index in [0.717, 1.165) is 32.2 Å². The van der Waals surface area contributed by atoms with Gasteiger partial charge in [0.15, 0.2) is 0 Å². The molecule has 0 spiro atoms. The SMILES string of the molecule is C=CCN(C(=O)C1(C)CCCN1)C1CC1. The van der Waals surface area contributed by atoms with Crippen LogP contribution in [0.2, 0.25) is 0 Å². The van der Waals surface area contributed by atoms with Crippen molar-refractivity contribution in [3.8, 4) is 0 Å². The smallest absolute Gasteiger partial charge is 0.243 e. The van der Waals surface area contributed by atoms with Gasteiger partial charge in [0.25, 0.3) is 0 Å². The molecule has 1 N–H and O–H groups in total. The van der Waals surface area contributed by atoms with E-state index in [9.17, 15) is 4.79 Å². The minimum absolute atomic E-state index is 0.266. The van der Waals surface area contributed by atoms with Gasteiger partial charge in [0.2, 0.25) is 5.91 Å². The van der Waals surface area contributed by atoms with Crippen molar-refractivity contribution in [1.82, 2.24) is 10.2 Å². The highest BCUT2D eigenvalue weighted by Gasteiger charge is 2.42. The third-order valence-corrected chi connectivity index (χ3v) is 3.42. The largest absolute Gasteiger partial charge is 0.334 e. The molecule has 0 bridgehead atoms. The van der Waals surface area contributed by atoms with Crippen LogP contribution in [-0.2, 0) is 4.79 Å². The molecule has 0 radical (unpaired) electrons. The van der Waals surface area contributed by atoms with E-state index in [1.54, 1.807) is 0 Å². The van der Waals surface area contributed by atoms with Gasteiger partial charge in [-0.25, -0.2) is 0 Å². The van der Waals surface area contributed by atoms with Crippen molar-refractivity contribution in [2.75, 3.05) is 13.1 Å². The number of nitrogens with zero attached hydrogens (tertiary/aromatic N) is 1. The van der Waals surface area contributed by atoms with Gasteiger partial charge in [0.05, 0.1) is 5.54 Å². The molecule has 84 valence electrons. The molecule has 1 atom stereocenters. The Morgan fingerprint density at radius 2 is 2.40 bits per heavy atom. The monoisotopic (exact) mass is 208 g/mol. The van der Waals surface area contributed by atoms with E-state index in [1.807, 2.05) is 17.9 Å². The third-order valence-electron chi connectivity index (χ3n) is 3.42. The molecule has 0 aromatic carbocycles. The van der Waals surface area contributed by atoms with Crippen LogP contribution in [-0.4, -0.2) is 35.5 Å². The average Bonchev–Trinajstić information content (AvgIpc) is 2.97. The van der Waals surface area contributed by atoms with Crippen molar-refractivity contribution in [3.05, 3.63) is 12.7 Å². The van der Waals surface area contributed by atoms with Gasteiger partial charge in [-0.2, -0.15) is 0 Å². The lowest BCUT2D eigenvalue weighted by Gasteiger charge is -2.31. The van der Waals surface area contributed by atoms with Gasteiger partial charge in [-0.1, -0.05) is 6.08 Å². The normalized spacial score (nSPS) is 30.2. The Morgan fingerprint density at radius 1 is 1.67 bits per heavy atom. The molecule has 3 heteroatoms. The molecule has 1 amide bonds. The standard InChI is InChI=1S/C12H20N2O/c1-3-9-14(10-5-6-10)11(15)12(2)7-4-8-13-12/h3,10,13H,1,4-9H2,2H3. The fourth-order valence-electron chi connectivity index (χ4n) is 2.32. The van der Waals surface area contributed by atoms with Gasteiger partial charge >= 0.3 is 0 Å². The third kappa shape index (κ3) is 2.07. The van der Waals surface area contributed by atoms with E-state index in [1.165, 1.54) is 0 Å². The summed E-state index contributed by atoms with van der Waals surface area (Å²) in [5, 5.41) is 3.33. The second kappa shape index (κ2) is 3.97. The predicted octanol–water partition coefficient (Wildman–Crippen LogP) is 1.31. The van der Waals surface area contributed by atoms with Gasteiger partial charge in [-0.15, -0.1) is 6.58 Å². The Labute approximate surface area is 91.5 Å². The number of hydrogen-bond acceptors (Lipinski definition) is 2. The summed E-state index contributed by atoms with van der Waals surface area (Å²) >= 11 is 0. The minimum atomic E-state index is -0.314. The average molecular weight is 208 g/mol. The summed E-state index contributed by atoms with van der Waals surface area (Å²) in [5.74, 6) is 0.266. The molecule has 1 saturated carbocycles. The molecule has 2 aliphatic rings. The van der Waals surface area contributed by atoms with E-state index >= 15 is 0 Å². The molecule has 15 heavy (non-hydrogen) atoms. The van der Waals surface area contributed by atoms with E-state index in [0.29, 0.717) is 12.6 Å². The maximum absolute atomic E-state index is 12.4. The molecular formula is C12H20N2O. The topological polar surface area (TPSA) is 32.3 Å². The quantitative estimate of drug-likeness (QED) is 0.706. The van der Waals surface area contributed by atoms with Crippen molar-refractivity contribution in [2.45, 2.75) is 44.2 Å². The number of hydrogen-bond donors (Lipinski definition) is 1. The van der Waals surface area contributed by atoms with Gasteiger partial charge in [0, 0.05) is 12.6 Å². The van der Waals surface area contributed by atoms with Gasteiger partial charge in [-0.3, -0.25) is 4.79 Å². The number of amides is 1. The van der Waals surface area contributed by atoms with Gasteiger partial charge in [0.1, 0.15) is 0 Å². The molecular weight excluding hydrogens is 188 g/mol. The summed E-state index contributed by atoms with van der Waals surface area (Å²) in [6, 6.07) is 0.481. The van der Waals surface area contributed by atoms with Crippen molar-refractivity contribution in [3.63, 3.8) is 0 Å². The zero-order valence-electron chi connectivity index (χ0n) is 9.46. The van der Waals surface area contributed by atoms with Crippen LogP contribution in [0.15, 0.2) is 12.7 Å². The van der Waals surface area contributed by atoms with Crippen LogP contribution < -0.4 is 5.32 Å². The zero-order chi connectivity index (χ0) is 10.9.